The van der Waals surface area contributed by atoms with Crippen LogP contribution < -0.4 is 4.74 Å². The van der Waals surface area contributed by atoms with Gasteiger partial charge < -0.3 is 4.74 Å². The van der Waals surface area contributed by atoms with E-state index in [1.807, 2.05) is 6.07 Å². The van der Waals surface area contributed by atoms with Crippen molar-refractivity contribution >= 4 is 0 Å². The van der Waals surface area contributed by atoms with Crippen LogP contribution in [-0.2, 0) is 0 Å². The third-order valence-corrected chi connectivity index (χ3v) is 4.76. The highest BCUT2D eigenvalue weighted by atomic mass is 16.5. The summed E-state index contributed by atoms with van der Waals surface area (Å²) in [5.41, 5.74) is 5.74. The maximum atomic E-state index is 5.40. The van der Waals surface area contributed by atoms with Gasteiger partial charge in [0, 0.05) is 5.56 Å². The minimum absolute atomic E-state index is 0.517. The van der Waals surface area contributed by atoms with E-state index in [1.54, 1.807) is 7.11 Å². The molecule has 0 aromatic heterocycles. The van der Waals surface area contributed by atoms with E-state index >= 15 is 0 Å². The van der Waals surface area contributed by atoms with Crippen LogP contribution in [0.1, 0.15) is 101 Å². The number of hydrogen-bond acceptors (Lipinski definition) is 1. The van der Waals surface area contributed by atoms with Gasteiger partial charge in [0.25, 0.3) is 0 Å². The highest BCUT2D eigenvalue weighted by molar-refractivity contribution is 5.43. The number of benzene rings is 2. The summed E-state index contributed by atoms with van der Waals surface area (Å²) >= 11 is 0. The second kappa shape index (κ2) is 10.4. The maximum Gasteiger partial charge on any atom is 0.122 e. The van der Waals surface area contributed by atoms with E-state index in [9.17, 15) is 0 Å². The Balaban J connectivity index is 0.000000263. The van der Waals surface area contributed by atoms with E-state index in [2.05, 4.69) is 91.8 Å². The van der Waals surface area contributed by atoms with Crippen molar-refractivity contribution in [2.24, 2.45) is 0 Å². The van der Waals surface area contributed by atoms with Crippen molar-refractivity contribution in [3.8, 4) is 5.75 Å². The van der Waals surface area contributed by atoms with E-state index in [1.165, 1.54) is 22.3 Å². The van der Waals surface area contributed by atoms with Crippen LogP contribution in [0.2, 0.25) is 0 Å². The first-order valence-electron chi connectivity index (χ1n) is 9.96. The molecule has 0 unspecified atom stereocenters. The lowest BCUT2D eigenvalue weighted by Crippen LogP contribution is -2.01. The summed E-state index contributed by atoms with van der Waals surface area (Å²) in [6, 6.07) is 15.0. The molecule has 0 heterocycles. The van der Waals surface area contributed by atoms with Crippen molar-refractivity contribution in [1.29, 1.82) is 0 Å². The molecule has 2 aromatic carbocycles. The Morgan fingerprint density at radius 2 is 0.962 bits per heavy atom. The number of hydrogen-bond donors (Lipinski definition) is 0. The van der Waals surface area contributed by atoms with Gasteiger partial charge in [-0.3, -0.25) is 0 Å². The van der Waals surface area contributed by atoms with Crippen molar-refractivity contribution in [3.05, 3.63) is 64.7 Å². The monoisotopic (exact) mass is 354 g/mol. The Labute approximate surface area is 161 Å². The fourth-order valence-electron chi connectivity index (χ4n) is 3.42. The molecule has 0 saturated carbocycles. The quantitative estimate of drug-likeness (QED) is 0.530. The van der Waals surface area contributed by atoms with Crippen LogP contribution in [0.15, 0.2) is 42.5 Å². The smallest absolute Gasteiger partial charge is 0.122 e. The SMILES string of the molecule is CC(C)c1ccccc1C(C)C.COc1cccc(C(C)C)c1C(C)C. The molecule has 1 nitrogen and oxygen atoms in total. The molecule has 0 saturated heterocycles. The van der Waals surface area contributed by atoms with E-state index < -0.39 is 0 Å². The molecule has 0 amide bonds. The predicted octanol–water partition coefficient (Wildman–Crippen LogP) is 7.88. The molecule has 0 aliphatic heterocycles. The molecule has 1 heteroatoms. The molecule has 0 radical (unpaired) electrons. The molecule has 2 rings (SSSR count). The Hall–Kier alpha value is -1.76. The summed E-state index contributed by atoms with van der Waals surface area (Å²) in [6.45, 7) is 17.9. The zero-order valence-corrected chi connectivity index (χ0v) is 18.3. The van der Waals surface area contributed by atoms with Gasteiger partial charge in [0.1, 0.15) is 5.75 Å². The molecular weight excluding hydrogens is 316 g/mol. The van der Waals surface area contributed by atoms with Gasteiger partial charge in [-0.15, -0.1) is 0 Å². The molecule has 0 aliphatic carbocycles. The Morgan fingerprint density at radius 1 is 0.538 bits per heavy atom. The zero-order valence-electron chi connectivity index (χ0n) is 18.3. The van der Waals surface area contributed by atoms with Crippen LogP contribution in [0.3, 0.4) is 0 Å². The zero-order chi connectivity index (χ0) is 19.9. The molecular formula is C25H38O. The Bertz CT molecular complexity index is 639. The van der Waals surface area contributed by atoms with Crippen LogP contribution in [0.4, 0.5) is 0 Å². The molecule has 0 N–H and O–H groups in total. The molecule has 0 bridgehead atoms. The predicted molar refractivity (Wildman–Crippen MR) is 116 cm³/mol. The number of ether oxygens (including phenoxy) is 1. The van der Waals surface area contributed by atoms with Gasteiger partial charge in [-0.2, -0.15) is 0 Å². The van der Waals surface area contributed by atoms with Gasteiger partial charge in [0.05, 0.1) is 7.11 Å². The lowest BCUT2D eigenvalue weighted by Gasteiger charge is -2.18. The molecule has 0 fully saturated rings. The minimum atomic E-state index is 0.517. The lowest BCUT2D eigenvalue weighted by atomic mass is 9.90. The summed E-state index contributed by atoms with van der Waals surface area (Å²) in [7, 11) is 1.74. The van der Waals surface area contributed by atoms with Gasteiger partial charge in [-0.05, 0) is 46.4 Å². The second-order valence-electron chi connectivity index (χ2n) is 8.21. The highest BCUT2D eigenvalue weighted by Gasteiger charge is 2.14. The molecule has 2 aromatic rings. The van der Waals surface area contributed by atoms with Crippen molar-refractivity contribution in [1.82, 2.24) is 0 Å². The fraction of sp³-hybridized carbons (Fsp3) is 0.520. The number of rotatable bonds is 5. The maximum absolute atomic E-state index is 5.40. The van der Waals surface area contributed by atoms with Crippen molar-refractivity contribution in [2.75, 3.05) is 7.11 Å². The topological polar surface area (TPSA) is 9.23 Å². The summed E-state index contributed by atoms with van der Waals surface area (Å²) in [5.74, 6) is 3.38. The van der Waals surface area contributed by atoms with Gasteiger partial charge >= 0.3 is 0 Å². The highest BCUT2D eigenvalue weighted by Crippen LogP contribution is 2.33. The summed E-state index contributed by atoms with van der Waals surface area (Å²) in [4.78, 5) is 0. The van der Waals surface area contributed by atoms with Gasteiger partial charge in [-0.25, -0.2) is 0 Å². The summed E-state index contributed by atoms with van der Waals surface area (Å²) < 4.78 is 5.40. The summed E-state index contributed by atoms with van der Waals surface area (Å²) in [6.07, 6.45) is 0. The van der Waals surface area contributed by atoms with E-state index in [4.69, 9.17) is 4.74 Å². The van der Waals surface area contributed by atoms with Crippen LogP contribution in [-0.4, -0.2) is 7.11 Å². The molecule has 0 aliphatic rings. The Morgan fingerprint density at radius 3 is 1.31 bits per heavy atom. The fourth-order valence-corrected chi connectivity index (χ4v) is 3.42. The average molecular weight is 355 g/mol. The van der Waals surface area contributed by atoms with Crippen molar-refractivity contribution in [3.63, 3.8) is 0 Å². The average Bonchev–Trinajstić information content (AvgIpc) is 2.61. The Kier molecular flexibility index (Phi) is 8.92. The largest absolute Gasteiger partial charge is 0.496 e. The van der Waals surface area contributed by atoms with Crippen LogP contribution in [0.25, 0.3) is 0 Å². The normalized spacial score (nSPS) is 11.1. The van der Waals surface area contributed by atoms with Crippen LogP contribution >= 0.6 is 0 Å². The van der Waals surface area contributed by atoms with E-state index in [0.29, 0.717) is 23.7 Å². The standard InChI is InChI=1S/C13H20O.C12H18/c1-9(2)11-7-6-8-12(14-5)13(11)10(3)4;1-9(2)11-7-5-6-8-12(11)10(3)4/h6-10H,1-5H3;5-10H,1-4H3. The lowest BCUT2D eigenvalue weighted by molar-refractivity contribution is 0.406. The number of methoxy groups -OCH3 is 1. The third-order valence-electron chi connectivity index (χ3n) is 4.76. The van der Waals surface area contributed by atoms with Crippen LogP contribution in [0, 0.1) is 0 Å². The summed E-state index contributed by atoms with van der Waals surface area (Å²) in [5, 5.41) is 0. The second-order valence-corrected chi connectivity index (χ2v) is 8.21. The minimum Gasteiger partial charge on any atom is -0.496 e. The van der Waals surface area contributed by atoms with Crippen molar-refractivity contribution < 1.29 is 4.74 Å². The first-order chi connectivity index (χ1) is 12.2. The van der Waals surface area contributed by atoms with E-state index in [-0.39, 0.29) is 0 Å². The molecule has 0 spiro atoms. The molecule has 26 heavy (non-hydrogen) atoms. The first-order valence-corrected chi connectivity index (χ1v) is 9.96. The van der Waals surface area contributed by atoms with Gasteiger partial charge in [0.2, 0.25) is 0 Å². The van der Waals surface area contributed by atoms with Crippen LogP contribution in [0.5, 0.6) is 5.75 Å². The van der Waals surface area contributed by atoms with Gasteiger partial charge in [-0.1, -0.05) is 91.8 Å². The third kappa shape index (κ3) is 5.90. The van der Waals surface area contributed by atoms with Gasteiger partial charge in [0.15, 0.2) is 0 Å². The first kappa shape index (κ1) is 22.3. The molecule has 144 valence electrons. The molecule has 0 atom stereocenters. The van der Waals surface area contributed by atoms with E-state index in [0.717, 1.165) is 5.75 Å². The van der Waals surface area contributed by atoms with Crippen molar-refractivity contribution in [2.45, 2.75) is 79.1 Å².